The van der Waals surface area contributed by atoms with E-state index in [9.17, 15) is 0 Å². The number of nitrogens with one attached hydrogen (secondary N) is 1. The van der Waals surface area contributed by atoms with Gasteiger partial charge in [0.05, 0.1) is 16.3 Å². The summed E-state index contributed by atoms with van der Waals surface area (Å²) < 4.78 is 5.61. The number of pyridine rings is 1. The fourth-order valence-electron chi connectivity index (χ4n) is 2.56. The molecule has 0 amide bonds. The minimum atomic E-state index is -0.0503. The smallest absolute Gasteiger partial charge is 0.126 e. The Balaban J connectivity index is 2.08. The van der Waals surface area contributed by atoms with Gasteiger partial charge in [-0.15, -0.1) is 0 Å². The van der Waals surface area contributed by atoms with Crippen LogP contribution < -0.4 is 5.32 Å². The molecule has 0 aromatic carbocycles. The molecule has 1 N–H and O–H groups in total. The zero-order valence-corrected chi connectivity index (χ0v) is 12.6. The minimum absolute atomic E-state index is 0.0503. The Labute approximate surface area is 120 Å². The van der Waals surface area contributed by atoms with Gasteiger partial charge < -0.3 is 10.1 Å². The molecular weight excluding hydrogens is 262 g/mol. The van der Waals surface area contributed by atoms with Crippen molar-refractivity contribution < 1.29 is 4.74 Å². The molecule has 19 heavy (non-hydrogen) atoms. The highest BCUT2D eigenvalue weighted by atomic mass is 35.5. The second-order valence-electron chi connectivity index (χ2n) is 5.34. The Morgan fingerprint density at radius 1 is 1.53 bits per heavy atom. The van der Waals surface area contributed by atoms with Crippen molar-refractivity contribution in [3.63, 3.8) is 0 Å². The summed E-state index contributed by atoms with van der Waals surface area (Å²) in [6.45, 7) is 4.93. The number of likely N-dealkylation sites (tertiary alicyclic amines) is 1. The van der Waals surface area contributed by atoms with Crippen LogP contribution in [0.3, 0.4) is 0 Å². The van der Waals surface area contributed by atoms with Crippen LogP contribution in [0.5, 0.6) is 0 Å². The van der Waals surface area contributed by atoms with E-state index in [1.165, 1.54) is 0 Å². The summed E-state index contributed by atoms with van der Waals surface area (Å²) in [5.41, 5.74) is 0.875. The average molecular weight is 284 g/mol. The molecule has 0 radical (unpaired) electrons. The highest BCUT2D eigenvalue weighted by Crippen LogP contribution is 2.26. The lowest BCUT2D eigenvalue weighted by molar-refractivity contribution is -0.0529. The number of hydrogen-bond acceptors (Lipinski definition) is 4. The van der Waals surface area contributed by atoms with E-state index < -0.39 is 0 Å². The minimum Gasteiger partial charge on any atom is -0.377 e. The number of halogens is 1. The normalized spacial score (nSPS) is 24.4. The zero-order chi connectivity index (χ0) is 13.9. The summed E-state index contributed by atoms with van der Waals surface area (Å²) >= 11 is 6.23. The summed E-state index contributed by atoms with van der Waals surface area (Å²) in [6, 6.07) is 3.79. The van der Waals surface area contributed by atoms with Gasteiger partial charge in [0.2, 0.25) is 0 Å². The van der Waals surface area contributed by atoms with Crippen LogP contribution in [0.2, 0.25) is 5.02 Å². The first kappa shape index (κ1) is 14.6. The van der Waals surface area contributed by atoms with Crippen molar-refractivity contribution in [3.05, 3.63) is 22.8 Å². The summed E-state index contributed by atoms with van der Waals surface area (Å²) in [5.74, 6) is 0.853. The molecule has 1 fully saturated rings. The lowest BCUT2D eigenvalue weighted by Gasteiger charge is -2.39. The molecule has 1 atom stereocenters. The second-order valence-corrected chi connectivity index (χ2v) is 5.75. The fraction of sp³-hybridized carbons (Fsp3) is 0.643. The number of aromatic nitrogens is 1. The molecule has 0 saturated carbocycles. The van der Waals surface area contributed by atoms with E-state index in [0.717, 1.165) is 49.0 Å². The Kier molecular flexibility index (Phi) is 4.66. The lowest BCUT2D eigenvalue weighted by atomic mass is 9.94. The summed E-state index contributed by atoms with van der Waals surface area (Å²) in [6.07, 6.45) is 2.26. The van der Waals surface area contributed by atoms with Crippen molar-refractivity contribution >= 4 is 17.4 Å². The molecule has 1 aromatic heterocycles. The van der Waals surface area contributed by atoms with Gasteiger partial charge in [-0.3, -0.25) is 4.90 Å². The van der Waals surface area contributed by atoms with Crippen molar-refractivity contribution in [1.29, 1.82) is 0 Å². The van der Waals surface area contributed by atoms with Gasteiger partial charge >= 0.3 is 0 Å². The van der Waals surface area contributed by atoms with Gasteiger partial charge in [0.1, 0.15) is 5.82 Å². The second kappa shape index (κ2) is 6.07. The van der Waals surface area contributed by atoms with Gasteiger partial charge in [0, 0.05) is 27.2 Å². The van der Waals surface area contributed by atoms with Crippen LogP contribution in [0.4, 0.5) is 5.82 Å². The number of methoxy groups -OCH3 is 1. The zero-order valence-electron chi connectivity index (χ0n) is 11.9. The van der Waals surface area contributed by atoms with Gasteiger partial charge in [-0.05, 0) is 38.4 Å². The predicted octanol–water partition coefficient (Wildman–Crippen LogP) is 2.78. The van der Waals surface area contributed by atoms with Gasteiger partial charge in [-0.2, -0.15) is 0 Å². The molecule has 0 aliphatic carbocycles. The molecule has 5 heteroatoms. The average Bonchev–Trinajstić information content (AvgIpc) is 2.41. The molecule has 2 rings (SSSR count). The van der Waals surface area contributed by atoms with E-state index in [2.05, 4.69) is 22.1 Å². The molecule has 0 bridgehead atoms. The number of anilines is 1. The number of rotatable bonds is 4. The molecule has 2 heterocycles. The van der Waals surface area contributed by atoms with Crippen molar-refractivity contribution in [3.8, 4) is 0 Å². The first-order valence-corrected chi connectivity index (χ1v) is 7.05. The summed E-state index contributed by atoms with van der Waals surface area (Å²) in [7, 11) is 3.65. The van der Waals surface area contributed by atoms with Crippen molar-refractivity contribution in [2.45, 2.75) is 31.9 Å². The fourth-order valence-corrected chi connectivity index (χ4v) is 2.72. The standard InChI is InChI=1S/C14H22ClN3O/c1-14(19-3)7-4-8-18(10-14)9-12-11(15)5-6-13(16-2)17-12/h5-6H,4,7-10H2,1-3H3,(H,16,17). The third kappa shape index (κ3) is 3.59. The Morgan fingerprint density at radius 3 is 3.00 bits per heavy atom. The third-order valence-corrected chi connectivity index (χ3v) is 4.12. The van der Waals surface area contributed by atoms with E-state index in [1.54, 1.807) is 7.11 Å². The lowest BCUT2D eigenvalue weighted by Crippen LogP contribution is -2.47. The molecular formula is C14H22ClN3O. The summed E-state index contributed by atoms with van der Waals surface area (Å²) in [4.78, 5) is 6.89. The highest BCUT2D eigenvalue weighted by molar-refractivity contribution is 6.31. The van der Waals surface area contributed by atoms with Crippen LogP contribution in [-0.2, 0) is 11.3 Å². The highest BCUT2D eigenvalue weighted by Gasteiger charge is 2.31. The molecule has 106 valence electrons. The van der Waals surface area contributed by atoms with E-state index in [0.29, 0.717) is 0 Å². The predicted molar refractivity (Wildman–Crippen MR) is 78.7 cm³/mol. The van der Waals surface area contributed by atoms with Crippen LogP contribution in [0.15, 0.2) is 12.1 Å². The number of hydrogen-bond donors (Lipinski definition) is 1. The van der Waals surface area contributed by atoms with Gasteiger partial charge in [-0.25, -0.2) is 4.98 Å². The maximum absolute atomic E-state index is 6.23. The van der Waals surface area contributed by atoms with Crippen molar-refractivity contribution in [2.75, 3.05) is 32.6 Å². The molecule has 4 nitrogen and oxygen atoms in total. The molecule has 1 unspecified atom stereocenters. The van der Waals surface area contributed by atoms with Crippen LogP contribution in [0.25, 0.3) is 0 Å². The first-order chi connectivity index (χ1) is 9.06. The maximum Gasteiger partial charge on any atom is 0.126 e. The molecule has 1 aliphatic heterocycles. The quantitative estimate of drug-likeness (QED) is 0.922. The molecule has 1 saturated heterocycles. The third-order valence-electron chi connectivity index (χ3n) is 3.78. The number of piperidine rings is 1. The monoisotopic (exact) mass is 283 g/mol. The van der Waals surface area contributed by atoms with E-state index >= 15 is 0 Å². The van der Waals surface area contributed by atoms with Crippen LogP contribution in [-0.4, -0.2) is 42.7 Å². The Hall–Kier alpha value is -0.840. The van der Waals surface area contributed by atoms with Crippen molar-refractivity contribution in [1.82, 2.24) is 9.88 Å². The first-order valence-electron chi connectivity index (χ1n) is 6.67. The molecule has 1 aromatic rings. The SMILES string of the molecule is CNc1ccc(Cl)c(CN2CCCC(C)(OC)C2)n1. The Morgan fingerprint density at radius 2 is 2.32 bits per heavy atom. The maximum atomic E-state index is 6.23. The molecule has 1 aliphatic rings. The van der Waals surface area contributed by atoms with Crippen LogP contribution in [0, 0.1) is 0 Å². The van der Waals surface area contributed by atoms with Gasteiger partial charge in [0.25, 0.3) is 0 Å². The largest absolute Gasteiger partial charge is 0.377 e. The number of nitrogens with zero attached hydrogens (tertiary/aromatic N) is 2. The van der Waals surface area contributed by atoms with Crippen LogP contribution >= 0.6 is 11.6 Å². The van der Waals surface area contributed by atoms with E-state index in [-0.39, 0.29) is 5.60 Å². The molecule has 0 spiro atoms. The van der Waals surface area contributed by atoms with Crippen LogP contribution in [0.1, 0.15) is 25.5 Å². The summed E-state index contributed by atoms with van der Waals surface area (Å²) in [5, 5.41) is 3.77. The van der Waals surface area contributed by atoms with Gasteiger partial charge in [-0.1, -0.05) is 11.6 Å². The van der Waals surface area contributed by atoms with Gasteiger partial charge in [0.15, 0.2) is 0 Å². The Bertz CT molecular complexity index is 441. The number of ether oxygens (including phenoxy) is 1. The van der Waals surface area contributed by atoms with Crippen molar-refractivity contribution in [2.24, 2.45) is 0 Å². The topological polar surface area (TPSA) is 37.4 Å². The van der Waals surface area contributed by atoms with E-state index in [4.69, 9.17) is 16.3 Å². The van der Waals surface area contributed by atoms with E-state index in [1.807, 2.05) is 19.2 Å².